The van der Waals surface area contributed by atoms with Crippen LogP contribution in [0, 0.1) is 12.7 Å². The summed E-state index contributed by atoms with van der Waals surface area (Å²) < 4.78 is 13.8. The van der Waals surface area contributed by atoms with Crippen LogP contribution in [-0.4, -0.2) is 0 Å². The molecule has 0 aliphatic heterocycles. The van der Waals surface area contributed by atoms with E-state index in [1.807, 2.05) is 25.1 Å². The Morgan fingerprint density at radius 2 is 1.76 bits per heavy atom. The number of rotatable bonds is 2. The molecule has 0 spiro atoms. The van der Waals surface area contributed by atoms with E-state index in [1.54, 1.807) is 12.1 Å². The van der Waals surface area contributed by atoms with Gasteiger partial charge in [0, 0.05) is 4.47 Å². The van der Waals surface area contributed by atoms with Gasteiger partial charge in [0.05, 0.1) is 6.04 Å². The Kier molecular flexibility index (Phi) is 3.60. The second-order valence-corrected chi connectivity index (χ2v) is 4.95. The standard InChI is InChI=1S/C14H13BrFN/c1-9-2-5-11(15)8-13(9)14(17)10-3-6-12(16)7-4-10/h2-8,14H,17H2,1H3. The van der Waals surface area contributed by atoms with E-state index < -0.39 is 0 Å². The first-order valence-corrected chi connectivity index (χ1v) is 6.14. The highest BCUT2D eigenvalue weighted by molar-refractivity contribution is 9.10. The van der Waals surface area contributed by atoms with Crippen LogP contribution in [-0.2, 0) is 0 Å². The zero-order chi connectivity index (χ0) is 12.4. The van der Waals surface area contributed by atoms with Gasteiger partial charge in [0.25, 0.3) is 0 Å². The van der Waals surface area contributed by atoms with Gasteiger partial charge in [-0.2, -0.15) is 0 Å². The fourth-order valence-electron chi connectivity index (χ4n) is 1.80. The topological polar surface area (TPSA) is 26.0 Å². The number of benzene rings is 2. The molecular formula is C14H13BrFN. The van der Waals surface area contributed by atoms with Crippen molar-refractivity contribution in [3.8, 4) is 0 Å². The molecule has 0 saturated carbocycles. The van der Waals surface area contributed by atoms with Crippen LogP contribution < -0.4 is 5.73 Å². The zero-order valence-corrected chi connectivity index (χ0v) is 11.0. The van der Waals surface area contributed by atoms with Crippen molar-refractivity contribution in [2.75, 3.05) is 0 Å². The smallest absolute Gasteiger partial charge is 0.123 e. The van der Waals surface area contributed by atoms with Crippen molar-refractivity contribution < 1.29 is 4.39 Å². The summed E-state index contributed by atoms with van der Waals surface area (Å²) in [6, 6.07) is 12.1. The van der Waals surface area contributed by atoms with Crippen molar-refractivity contribution in [1.82, 2.24) is 0 Å². The lowest BCUT2D eigenvalue weighted by Gasteiger charge is -2.15. The van der Waals surface area contributed by atoms with Gasteiger partial charge in [-0.25, -0.2) is 4.39 Å². The van der Waals surface area contributed by atoms with Crippen molar-refractivity contribution in [3.05, 3.63) is 69.4 Å². The lowest BCUT2D eigenvalue weighted by atomic mass is 9.96. The molecule has 0 saturated heterocycles. The molecule has 0 fully saturated rings. The van der Waals surface area contributed by atoms with Gasteiger partial charge < -0.3 is 5.73 Å². The number of hydrogen-bond acceptors (Lipinski definition) is 1. The van der Waals surface area contributed by atoms with Crippen molar-refractivity contribution in [2.45, 2.75) is 13.0 Å². The molecule has 2 aromatic carbocycles. The quantitative estimate of drug-likeness (QED) is 0.892. The van der Waals surface area contributed by atoms with E-state index in [0.717, 1.165) is 21.2 Å². The Balaban J connectivity index is 2.39. The van der Waals surface area contributed by atoms with E-state index in [9.17, 15) is 4.39 Å². The minimum atomic E-state index is -0.244. The molecule has 0 aliphatic rings. The van der Waals surface area contributed by atoms with E-state index in [0.29, 0.717) is 0 Å². The van der Waals surface area contributed by atoms with E-state index in [-0.39, 0.29) is 11.9 Å². The molecule has 0 aliphatic carbocycles. The largest absolute Gasteiger partial charge is 0.320 e. The van der Waals surface area contributed by atoms with Gasteiger partial charge in [0.1, 0.15) is 5.82 Å². The molecule has 17 heavy (non-hydrogen) atoms. The Labute approximate surface area is 109 Å². The van der Waals surface area contributed by atoms with Crippen LogP contribution in [0.4, 0.5) is 4.39 Å². The van der Waals surface area contributed by atoms with Gasteiger partial charge in [0.2, 0.25) is 0 Å². The van der Waals surface area contributed by atoms with Crippen LogP contribution in [0.5, 0.6) is 0 Å². The monoisotopic (exact) mass is 293 g/mol. The fraction of sp³-hybridized carbons (Fsp3) is 0.143. The minimum Gasteiger partial charge on any atom is -0.320 e. The number of nitrogens with two attached hydrogens (primary N) is 1. The van der Waals surface area contributed by atoms with E-state index in [2.05, 4.69) is 15.9 Å². The molecule has 88 valence electrons. The van der Waals surface area contributed by atoms with Crippen LogP contribution in [0.2, 0.25) is 0 Å². The lowest BCUT2D eigenvalue weighted by Crippen LogP contribution is -2.13. The maximum Gasteiger partial charge on any atom is 0.123 e. The predicted molar refractivity (Wildman–Crippen MR) is 71.3 cm³/mol. The predicted octanol–water partition coefficient (Wildman–Crippen LogP) is 3.94. The summed E-state index contributed by atoms with van der Waals surface area (Å²) in [7, 11) is 0. The summed E-state index contributed by atoms with van der Waals surface area (Å²) in [6.07, 6.45) is 0. The second kappa shape index (κ2) is 4.98. The molecule has 1 atom stereocenters. The van der Waals surface area contributed by atoms with Crippen molar-refractivity contribution in [3.63, 3.8) is 0 Å². The summed E-state index contributed by atoms with van der Waals surface area (Å²) in [5.74, 6) is -0.244. The zero-order valence-electron chi connectivity index (χ0n) is 9.45. The Bertz CT molecular complexity index is 522. The summed E-state index contributed by atoms with van der Waals surface area (Å²) >= 11 is 3.43. The summed E-state index contributed by atoms with van der Waals surface area (Å²) in [5, 5.41) is 0. The minimum absolute atomic E-state index is 0.229. The maximum atomic E-state index is 12.8. The Hall–Kier alpha value is -1.19. The third-order valence-electron chi connectivity index (χ3n) is 2.81. The van der Waals surface area contributed by atoms with Crippen LogP contribution in [0.3, 0.4) is 0 Å². The average molecular weight is 294 g/mol. The summed E-state index contributed by atoms with van der Waals surface area (Å²) in [6.45, 7) is 2.02. The fourth-order valence-corrected chi connectivity index (χ4v) is 2.17. The first-order valence-electron chi connectivity index (χ1n) is 5.35. The summed E-state index contributed by atoms with van der Waals surface area (Å²) in [4.78, 5) is 0. The van der Waals surface area contributed by atoms with Gasteiger partial charge >= 0.3 is 0 Å². The van der Waals surface area contributed by atoms with Crippen molar-refractivity contribution >= 4 is 15.9 Å². The average Bonchev–Trinajstić information content (AvgIpc) is 2.32. The van der Waals surface area contributed by atoms with Crippen molar-refractivity contribution in [1.29, 1.82) is 0 Å². The molecule has 2 aromatic rings. The molecule has 2 rings (SSSR count). The maximum absolute atomic E-state index is 12.8. The third kappa shape index (κ3) is 2.73. The Morgan fingerprint density at radius 3 is 2.41 bits per heavy atom. The van der Waals surface area contributed by atoms with Gasteiger partial charge in [-0.3, -0.25) is 0 Å². The number of halogens is 2. The Morgan fingerprint density at radius 1 is 1.12 bits per heavy atom. The molecule has 0 aromatic heterocycles. The molecular weight excluding hydrogens is 281 g/mol. The van der Waals surface area contributed by atoms with Crippen LogP contribution in [0.15, 0.2) is 46.9 Å². The van der Waals surface area contributed by atoms with Gasteiger partial charge in [-0.15, -0.1) is 0 Å². The molecule has 2 N–H and O–H groups in total. The molecule has 0 amide bonds. The van der Waals surface area contributed by atoms with Gasteiger partial charge in [-0.1, -0.05) is 34.1 Å². The van der Waals surface area contributed by atoms with Gasteiger partial charge in [0.15, 0.2) is 0 Å². The van der Waals surface area contributed by atoms with Crippen molar-refractivity contribution in [2.24, 2.45) is 5.73 Å². The van der Waals surface area contributed by atoms with Crippen LogP contribution in [0.1, 0.15) is 22.7 Å². The van der Waals surface area contributed by atoms with E-state index >= 15 is 0 Å². The molecule has 0 bridgehead atoms. The normalized spacial score (nSPS) is 12.5. The number of hydrogen-bond donors (Lipinski definition) is 1. The second-order valence-electron chi connectivity index (χ2n) is 4.03. The first kappa shape index (κ1) is 12.3. The highest BCUT2D eigenvalue weighted by Gasteiger charge is 2.11. The SMILES string of the molecule is Cc1ccc(Br)cc1C(N)c1ccc(F)cc1. The first-order chi connectivity index (χ1) is 8.08. The molecule has 1 unspecified atom stereocenters. The molecule has 1 nitrogen and oxygen atoms in total. The van der Waals surface area contributed by atoms with Crippen LogP contribution >= 0.6 is 15.9 Å². The highest BCUT2D eigenvalue weighted by Crippen LogP contribution is 2.25. The van der Waals surface area contributed by atoms with Crippen LogP contribution in [0.25, 0.3) is 0 Å². The highest BCUT2D eigenvalue weighted by atomic mass is 79.9. The third-order valence-corrected chi connectivity index (χ3v) is 3.30. The number of aryl methyl sites for hydroxylation is 1. The lowest BCUT2D eigenvalue weighted by molar-refractivity contribution is 0.626. The molecule has 0 radical (unpaired) electrons. The molecule has 3 heteroatoms. The summed E-state index contributed by atoms with van der Waals surface area (Å²) in [5.41, 5.74) is 9.28. The van der Waals surface area contributed by atoms with Gasteiger partial charge in [-0.05, 0) is 47.9 Å². The van der Waals surface area contributed by atoms with E-state index in [4.69, 9.17) is 5.73 Å². The van der Waals surface area contributed by atoms with E-state index in [1.165, 1.54) is 12.1 Å². The molecule has 0 heterocycles.